The lowest BCUT2D eigenvalue weighted by Gasteiger charge is -2.23. The number of carbonyl (C=O) groups excluding carboxylic acids is 2. The number of hydrogen-bond donors (Lipinski definition) is 2. The Morgan fingerprint density at radius 1 is 1.14 bits per heavy atom. The lowest BCUT2D eigenvalue weighted by molar-refractivity contribution is -0.121. The van der Waals surface area contributed by atoms with E-state index in [4.69, 9.17) is 16.3 Å². The first kappa shape index (κ1) is 25.0. The summed E-state index contributed by atoms with van der Waals surface area (Å²) < 4.78 is 5.42. The number of nitrogens with one attached hydrogen (secondary N) is 2. The van der Waals surface area contributed by atoms with Gasteiger partial charge in [-0.05, 0) is 36.8 Å². The van der Waals surface area contributed by atoms with E-state index in [1.807, 2.05) is 18.2 Å². The van der Waals surface area contributed by atoms with Crippen molar-refractivity contribution in [1.82, 2.24) is 20.2 Å². The highest BCUT2D eigenvalue weighted by Gasteiger charge is 2.29. The van der Waals surface area contributed by atoms with E-state index < -0.39 is 0 Å². The van der Waals surface area contributed by atoms with Crippen LogP contribution >= 0.6 is 11.6 Å². The lowest BCUT2D eigenvalue weighted by Crippen LogP contribution is -2.38. The summed E-state index contributed by atoms with van der Waals surface area (Å²) in [5, 5.41) is 6.79. The fourth-order valence-electron chi connectivity index (χ4n) is 5.42. The zero-order valence-electron chi connectivity index (χ0n) is 20.6. The number of aromatic nitrogens is 2. The summed E-state index contributed by atoms with van der Waals surface area (Å²) in [7, 11) is 0. The molecule has 1 saturated heterocycles. The fraction of sp³-hybridized carbons (Fsp3) is 0.556. The smallest absolute Gasteiger partial charge is 0.254 e. The maximum atomic E-state index is 13.1. The van der Waals surface area contributed by atoms with Gasteiger partial charge >= 0.3 is 0 Å². The van der Waals surface area contributed by atoms with Crippen LogP contribution in [0.4, 0.5) is 5.95 Å². The Labute approximate surface area is 217 Å². The maximum Gasteiger partial charge on any atom is 0.254 e. The molecule has 0 atom stereocenters. The largest absolute Gasteiger partial charge is 0.381 e. The van der Waals surface area contributed by atoms with Crippen LogP contribution in [0.1, 0.15) is 67.3 Å². The average Bonchev–Trinajstić information content (AvgIpc) is 3.20. The number of anilines is 1. The molecule has 0 unspecified atom stereocenters. The second kappa shape index (κ2) is 11.6. The van der Waals surface area contributed by atoms with E-state index in [-0.39, 0.29) is 24.4 Å². The minimum atomic E-state index is -0.139. The standard InChI is InChI=1S/C27H34ClN5O3/c28-23-15-30-27(31-21-9-12-36-13-10-21)32-25(23)19-6-7-20-16-33(26(35)22(20)14-19)17-24(34)29-11-8-18-4-2-1-3-5-18/h6-7,14-15,18,21H,1-5,8-13,16-17H2,(H,29,34)(H,30,31,32). The molecule has 0 spiro atoms. The summed E-state index contributed by atoms with van der Waals surface area (Å²) in [6.07, 6.45) is 10.9. The first-order valence-corrected chi connectivity index (χ1v) is 13.5. The molecular weight excluding hydrogens is 478 g/mol. The van der Waals surface area contributed by atoms with Gasteiger partial charge in [-0.1, -0.05) is 55.8 Å². The van der Waals surface area contributed by atoms with E-state index in [0.717, 1.165) is 49.5 Å². The van der Waals surface area contributed by atoms with Crippen molar-refractivity contribution < 1.29 is 14.3 Å². The first-order chi connectivity index (χ1) is 17.6. The number of halogens is 1. The Hall–Kier alpha value is -2.71. The van der Waals surface area contributed by atoms with Gasteiger partial charge in [-0.15, -0.1) is 0 Å². The minimum Gasteiger partial charge on any atom is -0.381 e. The van der Waals surface area contributed by atoms with Gasteiger partial charge in [0, 0.05) is 43.5 Å². The highest BCUT2D eigenvalue weighted by molar-refractivity contribution is 6.33. The van der Waals surface area contributed by atoms with Crippen molar-refractivity contribution in [3.8, 4) is 11.3 Å². The van der Waals surface area contributed by atoms with Crippen LogP contribution in [0.2, 0.25) is 5.02 Å². The Morgan fingerprint density at radius 2 is 1.94 bits per heavy atom. The van der Waals surface area contributed by atoms with Crippen molar-refractivity contribution in [2.24, 2.45) is 5.92 Å². The van der Waals surface area contributed by atoms with Crippen LogP contribution in [0.25, 0.3) is 11.3 Å². The number of amides is 2. The lowest BCUT2D eigenvalue weighted by atomic mass is 9.87. The molecule has 1 aromatic carbocycles. The molecule has 5 rings (SSSR count). The first-order valence-electron chi connectivity index (χ1n) is 13.1. The molecule has 1 saturated carbocycles. The third kappa shape index (κ3) is 5.98. The summed E-state index contributed by atoms with van der Waals surface area (Å²) in [6, 6.07) is 5.93. The van der Waals surface area contributed by atoms with Crippen LogP contribution in [-0.2, 0) is 16.1 Å². The summed E-state index contributed by atoms with van der Waals surface area (Å²) in [5.41, 5.74) is 2.83. The molecule has 192 valence electrons. The van der Waals surface area contributed by atoms with E-state index in [9.17, 15) is 9.59 Å². The maximum absolute atomic E-state index is 13.1. The summed E-state index contributed by atoms with van der Waals surface area (Å²) in [5.74, 6) is 0.991. The van der Waals surface area contributed by atoms with Crippen LogP contribution < -0.4 is 10.6 Å². The number of rotatable bonds is 8. The Bertz CT molecular complexity index is 1100. The monoisotopic (exact) mass is 511 g/mol. The van der Waals surface area contributed by atoms with Crippen LogP contribution in [0.5, 0.6) is 0 Å². The van der Waals surface area contributed by atoms with Crippen molar-refractivity contribution >= 4 is 29.4 Å². The second-order valence-corrected chi connectivity index (χ2v) is 10.5. The fourth-order valence-corrected chi connectivity index (χ4v) is 5.62. The van der Waals surface area contributed by atoms with Crippen molar-refractivity contribution in [3.05, 3.63) is 40.5 Å². The SMILES string of the molecule is O=C(CN1Cc2ccc(-c3nc(NC4CCOCC4)ncc3Cl)cc2C1=O)NCCC1CCCCC1. The van der Waals surface area contributed by atoms with Crippen molar-refractivity contribution in [1.29, 1.82) is 0 Å². The number of hydrogen-bond acceptors (Lipinski definition) is 6. The quantitative estimate of drug-likeness (QED) is 0.544. The second-order valence-electron chi connectivity index (χ2n) is 10.1. The Balaban J connectivity index is 1.20. The van der Waals surface area contributed by atoms with Crippen molar-refractivity contribution in [2.45, 2.75) is 64.0 Å². The van der Waals surface area contributed by atoms with Gasteiger partial charge in [-0.25, -0.2) is 9.97 Å². The highest BCUT2D eigenvalue weighted by Crippen LogP contribution is 2.32. The molecule has 0 bridgehead atoms. The van der Waals surface area contributed by atoms with Crippen LogP contribution in [0, 0.1) is 5.92 Å². The normalized spacial score (nSPS) is 18.8. The van der Waals surface area contributed by atoms with Gasteiger partial charge in [-0.3, -0.25) is 9.59 Å². The molecule has 36 heavy (non-hydrogen) atoms. The van der Waals surface area contributed by atoms with Crippen molar-refractivity contribution in [3.63, 3.8) is 0 Å². The number of benzene rings is 1. The van der Waals surface area contributed by atoms with E-state index in [0.29, 0.717) is 35.3 Å². The predicted octanol–water partition coefficient (Wildman–Crippen LogP) is 4.43. The average molecular weight is 512 g/mol. The van der Waals surface area contributed by atoms with E-state index >= 15 is 0 Å². The molecule has 2 fully saturated rings. The molecule has 8 nitrogen and oxygen atoms in total. The number of carbonyl (C=O) groups is 2. The zero-order valence-corrected chi connectivity index (χ0v) is 21.4. The molecule has 9 heteroatoms. The van der Waals surface area contributed by atoms with Crippen LogP contribution in [0.3, 0.4) is 0 Å². The van der Waals surface area contributed by atoms with Crippen LogP contribution in [0.15, 0.2) is 24.4 Å². The number of fused-ring (bicyclic) bond motifs is 1. The van der Waals surface area contributed by atoms with Gasteiger partial charge in [0.15, 0.2) is 0 Å². The molecule has 3 heterocycles. The molecular formula is C27H34ClN5O3. The van der Waals surface area contributed by atoms with Gasteiger partial charge in [0.1, 0.15) is 6.54 Å². The molecule has 2 amide bonds. The van der Waals surface area contributed by atoms with E-state index in [1.54, 1.807) is 11.1 Å². The molecule has 1 aliphatic carbocycles. The van der Waals surface area contributed by atoms with Gasteiger partial charge in [0.2, 0.25) is 11.9 Å². The Morgan fingerprint density at radius 3 is 2.75 bits per heavy atom. The molecule has 3 aliphatic rings. The topological polar surface area (TPSA) is 96.5 Å². The third-order valence-electron chi connectivity index (χ3n) is 7.49. The highest BCUT2D eigenvalue weighted by atomic mass is 35.5. The third-order valence-corrected chi connectivity index (χ3v) is 7.77. The molecule has 1 aromatic heterocycles. The zero-order chi connectivity index (χ0) is 24.9. The van der Waals surface area contributed by atoms with Gasteiger partial charge in [0.25, 0.3) is 5.91 Å². The predicted molar refractivity (Wildman–Crippen MR) is 139 cm³/mol. The van der Waals surface area contributed by atoms with E-state index in [2.05, 4.69) is 20.6 Å². The number of nitrogens with zero attached hydrogens (tertiary/aromatic N) is 3. The summed E-state index contributed by atoms with van der Waals surface area (Å²) in [4.78, 5) is 36.2. The van der Waals surface area contributed by atoms with Crippen molar-refractivity contribution in [2.75, 3.05) is 31.6 Å². The van der Waals surface area contributed by atoms with Gasteiger partial charge in [-0.2, -0.15) is 0 Å². The molecule has 2 aromatic rings. The Kier molecular flexibility index (Phi) is 8.02. The van der Waals surface area contributed by atoms with E-state index in [1.165, 1.54) is 32.1 Å². The summed E-state index contributed by atoms with van der Waals surface area (Å²) in [6.45, 7) is 2.62. The van der Waals surface area contributed by atoms with Gasteiger partial charge in [0.05, 0.1) is 16.9 Å². The molecule has 0 radical (unpaired) electrons. The summed E-state index contributed by atoms with van der Waals surface area (Å²) >= 11 is 6.44. The minimum absolute atomic E-state index is 0.0704. The number of ether oxygens (including phenoxy) is 1. The molecule has 2 aliphatic heterocycles. The molecule has 2 N–H and O–H groups in total. The van der Waals surface area contributed by atoms with Crippen LogP contribution in [-0.4, -0.2) is 59.0 Å². The van der Waals surface area contributed by atoms with Gasteiger partial charge < -0.3 is 20.3 Å².